The Bertz CT molecular complexity index is 1230. The number of hydrogen-bond acceptors (Lipinski definition) is 9. The molecule has 0 aliphatic carbocycles. The van der Waals surface area contributed by atoms with Crippen molar-refractivity contribution < 1.29 is 39.5 Å². The number of ether oxygens (including phenoxy) is 2. The van der Waals surface area contributed by atoms with Crippen LogP contribution in [0, 0.1) is 0 Å². The molecule has 0 fully saturated rings. The summed E-state index contributed by atoms with van der Waals surface area (Å²) in [5.41, 5.74) is 0.577. The molecule has 0 saturated carbocycles. The molecule has 2 aromatic heterocycles. The van der Waals surface area contributed by atoms with Gasteiger partial charge in [-0.3, -0.25) is 0 Å². The van der Waals surface area contributed by atoms with Crippen molar-refractivity contribution in [3.63, 3.8) is 0 Å². The van der Waals surface area contributed by atoms with E-state index < -0.39 is 37.4 Å². The molecule has 2 atom stereocenters. The summed E-state index contributed by atoms with van der Waals surface area (Å²) in [6.07, 6.45) is -1.65. The molecule has 10 heteroatoms. The van der Waals surface area contributed by atoms with Gasteiger partial charge in [0.25, 0.3) is 0 Å². The molecule has 1 aliphatic heterocycles. The van der Waals surface area contributed by atoms with Gasteiger partial charge in [0.15, 0.2) is 0 Å². The van der Waals surface area contributed by atoms with Crippen molar-refractivity contribution in [3.8, 4) is 5.75 Å². The maximum atomic E-state index is 12.8. The summed E-state index contributed by atoms with van der Waals surface area (Å²) in [7, 11) is 0. The number of carbonyl (C=O) groups is 2. The zero-order valence-corrected chi connectivity index (χ0v) is 16.5. The number of carbonyl (C=O) groups excluding carboxylic acids is 2. The number of hydrogen-bond donors (Lipinski definition) is 5. The summed E-state index contributed by atoms with van der Waals surface area (Å²) in [4.78, 5) is 32.6. The number of H-pyrrole nitrogens is 1. The van der Waals surface area contributed by atoms with Crippen molar-refractivity contribution in [1.29, 1.82) is 0 Å². The Kier molecular flexibility index (Phi) is 5.25. The molecular weight excluding hydrogens is 408 g/mol. The molecule has 10 nitrogen and oxygen atoms in total. The number of cyclic esters (lactones) is 1. The second-order valence-corrected chi connectivity index (χ2v) is 7.31. The van der Waals surface area contributed by atoms with Crippen LogP contribution in [-0.4, -0.2) is 67.8 Å². The summed E-state index contributed by atoms with van der Waals surface area (Å²) in [6.45, 7) is 0.619. The van der Waals surface area contributed by atoms with Crippen LogP contribution in [0.4, 0.5) is 0 Å². The molecule has 0 spiro atoms. The topological polar surface area (TPSA) is 162 Å². The van der Waals surface area contributed by atoms with Gasteiger partial charge in [-0.25, -0.2) is 14.6 Å². The number of rotatable bonds is 5. The van der Waals surface area contributed by atoms with Gasteiger partial charge >= 0.3 is 11.9 Å². The van der Waals surface area contributed by atoms with Crippen molar-refractivity contribution in [1.82, 2.24) is 9.97 Å². The third kappa shape index (κ3) is 3.78. The Morgan fingerprint density at radius 2 is 2.13 bits per heavy atom. The summed E-state index contributed by atoms with van der Waals surface area (Å²) in [5, 5.41) is 39.5. The highest BCUT2D eigenvalue weighted by atomic mass is 16.5. The largest absolute Gasteiger partial charge is 0.511 e. The Balaban J connectivity index is 1.92. The van der Waals surface area contributed by atoms with E-state index in [1.807, 2.05) is 0 Å². The predicted octanol–water partition coefficient (Wildman–Crippen LogP) is 1.54. The molecule has 3 aromatic rings. The lowest BCUT2D eigenvalue weighted by Gasteiger charge is -2.21. The smallest absolute Gasteiger partial charge is 0.344 e. The third-order valence-electron chi connectivity index (χ3n) is 4.92. The third-order valence-corrected chi connectivity index (χ3v) is 4.92. The van der Waals surface area contributed by atoms with Crippen LogP contribution >= 0.6 is 0 Å². The van der Waals surface area contributed by atoms with Gasteiger partial charge in [-0.15, -0.1) is 0 Å². The average Bonchev–Trinajstić information content (AvgIpc) is 3.07. The molecule has 1 aromatic carbocycles. The highest BCUT2D eigenvalue weighted by Gasteiger charge is 2.30. The van der Waals surface area contributed by atoms with Crippen LogP contribution in [0.3, 0.4) is 0 Å². The summed E-state index contributed by atoms with van der Waals surface area (Å²) in [6, 6.07) is 5.80. The van der Waals surface area contributed by atoms with Crippen molar-refractivity contribution in [2.24, 2.45) is 0 Å². The Labute approximate surface area is 175 Å². The Morgan fingerprint density at radius 1 is 1.35 bits per heavy atom. The lowest BCUT2D eigenvalue weighted by molar-refractivity contribution is -0.142. The normalized spacial score (nSPS) is 17.8. The Hall–Kier alpha value is -3.63. The molecule has 0 radical (unpaired) electrons. The minimum Gasteiger partial charge on any atom is -0.511 e. The number of benzene rings is 1. The first-order valence-electron chi connectivity index (χ1n) is 9.53. The number of aromatic hydroxyl groups is 1. The van der Waals surface area contributed by atoms with Gasteiger partial charge in [-0.05, 0) is 25.1 Å². The SMILES string of the molecule is C[C@H]1CC(O)=C(c2cc(C(=O)OC[C@@H](O)CO)c3c(n2)[nH]c2cc(O)ccc23)C(=O)O1. The molecule has 162 valence electrons. The molecule has 3 heterocycles. The molecule has 0 bridgehead atoms. The van der Waals surface area contributed by atoms with Crippen molar-refractivity contribution in [3.05, 3.63) is 41.3 Å². The van der Waals surface area contributed by atoms with E-state index >= 15 is 0 Å². The fourth-order valence-corrected chi connectivity index (χ4v) is 3.51. The Morgan fingerprint density at radius 3 is 2.84 bits per heavy atom. The lowest BCUT2D eigenvalue weighted by Crippen LogP contribution is -2.24. The first-order valence-corrected chi connectivity index (χ1v) is 9.53. The summed E-state index contributed by atoms with van der Waals surface area (Å²) >= 11 is 0. The monoisotopic (exact) mass is 428 g/mol. The van der Waals surface area contributed by atoms with Gasteiger partial charge < -0.3 is 34.9 Å². The quantitative estimate of drug-likeness (QED) is 0.379. The lowest BCUT2D eigenvalue weighted by atomic mass is 10.0. The number of nitrogens with zero attached hydrogens (tertiary/aromatic N) is 1. The highest BCUT2D eigenvalue weighted by molar-refractivity contribution is 6.20. The van der Waals surface area contributed by atoms with Crippen molar-refractivity contribution in [2.45, 2.75) is 25.6 Å². The van der Waals surface area contributed by atoms with Crippen LogP contribution in [0.15, 0.2) is 30.0 Å². The van der Waals surface area contributed by atoms with E-state index in [2.05, 4.69) is 9.97 Å². The number of phenols is 1. The van der Waals surface area contributed by atoms with Crippen LogP contribution in [0.25, 0.3) is 27.5 Å². The van der Waals surface area contributed by atoms with E-state index in [9.17, 15) is 24.9 Å². The van der Waals surface area contributed by atoms with Crippen LogP contribution in [-0.2, 0) is 14.3 Å². The van der Waals surface area contributed by atoms with Gasteiger partial charge in [-0.2, -0.15) is 0 Å². The first-order chi connectivity index (χ1) is 14.8. The molecule has 4 rings (SSSR count). The molecule has 31 heavy (non-hydrogen) atoms. The van der Waals surface area contributed by atoms with Crippen LogP contribution in [0.1, 0.15) is 29.4 Å². The number of fused-ring (bicyclic) bond motifs is 3. The van der Waals surface area contributed by atoms with Gasteiger partial charge in [-0.1, -0.05) is 0 Å². The number of aromatic nitrogens is 2. The number of pyridine rings is 1. The molecule has 1 aliphatic rings. The fourth-order valence-electron chi connectivity index (χ4n) is 3.51. The predicted molar refractivity (Wildman–Crippen MR) is 108 cm³/mol. The molecule has 5 N–H and O–H groups in total. The van der Waals surface area contributed by atoms with Crippen LogP contribution < -0.4 is 0 Å². The average molecular weight is 428 g/mol. The van der Waals surface area contributed by atoms with E-state index in [0.717, 1.165) is 0 Å². The van der Waals surface area contributed by atoms with Gasteiger partial charge in [0.2, 0.25) is 0 Å². The number of phenolic OH excluding ortho intramolecular Hbond substituents is 1. The van der Waals surface area contributed by atoms with Gasteiger partial charge in [0.05, 0.1) is 23.4 Å². The number of aliphatic hydroxyl groups excluding tert-OH is 3. The standard InChI is InChI=1S/C21H20N2O8/c1-9-4-16(27)18(21(29)31-9)15-6-13(20(28)30-8-11(26)7-24)17-12-3-2-10(25)5-14(12)22-19(17)23-15/h2-3,5-6,9,11,24-27H,4,7-8H2,1H3,(H,22,23)/t9-,11-/m0/s1. The second kappa shape index (κ2) is 7.89. The first kappa shape index (κ1) is 20.6. The van der Waals surface area contributed by atoms with Crippen LogP contribution in [0.5, 0.6) is 5.75 Å². The van der Waals surface area contributed by atoms with E-state index in [4.69, 9.17) is 14.6 Å². The summed E-state index contributed by atoms with van der Waals surface area (Å²) in [5.74, 6) is -1.81. The maximum Gasteiger partial charge on any atom is 0.344 e. The van der Waals surface area contributed by atoms with Gasteiger partial charge in [0, 0.05) is 23.3 Å². The van der Waals surface area contributed by atoms with Crippen molar-refractivity contribution >= 4 is 39.4 Å². The maximum absolute atomic E-state index is 12.8. The van der Waals surface area contributed by atoms with E-state index in [-0.39, 0.29) is 40.4 Å². The number of esters is 2. The fraction of sp³-hybridized carbons (Fsp3) is 0.286. The van der Waals surface area contributed by atoms with E-state index in [1.54, 1.807) is 13.0 Å². The zero-order valence-electron chi connectivity index (χ0n) is 16.5. The highest BCUT2D eigenvalue weighted by Crippen LogP contribution is 2.34. The van der Waals surface area contributed by atoms with E-state index in [0.29, 0.717) is 16.3 Å². The number of aliphatic hydroxyl groups is 3. The second-order valence-electron chi connectivity index (χ2n) is 7.31. The molecule has 0 amide bonds. The summed E-state index contributed by atoms with van der Waals surface area (Å²) < 4.78 is 10.3. The van der Waals surface area contributed by atoms with Crippen LogP contribution in [0.2, 0.25) is 0 Å². The number of nitrogens with one attached hydrogen (secondary N) is 1. The van der Waals surface area contributed by atoms with Gasteiger partial charge in [0.1, 0.15) is 41.5 Å². The molecule has 0 unspecified atom stereocenters. The minimum atomic E-state index is -1.25. The zero-order chi connectivity index (χ0) is 22.3. The minimum absolute atomic E-state index is 0.000303. The van der Waals surface area contributed by atoms with Crippen molar-refractivity contribution in [2.75, 3.05) is 13.2 Å². The molecule has 0 saturated heterocycles. The molecular formula is C21H20N2O8. The number of aromatic amines is 1. The van der Waals surface area contributed by atoms with E-state index in [1.165, 1.54) is 18.2 Å².